The molecule has 0 saturated heterocycles. The summed E-state index contributed by atoms with van der Waals surface area (Å²) in [5.41, 5.74) is 10.9. The Labute approximate surface area is 194 Å². The number of likely N-dealkylation sites (N-methyl/N-ethyl adjacent to an activating group) is 1. The Morgan fingerprint density at radius 3 is 2.19 bits per heavy atom. The molecule has 0 aromatic heterocycles. The average Bonchev–Trinajstić information content (AvgIpc) is 3.15. The third-order valence-electron chi connectivity index (χ3n) is 5.82. The predicted octanol–water partition coefficient (Wildman–Crippen LogP) is 6.39. The third kappa shape index (κ3) is 3.67. The maximum Gasteiger partial charge on any atom is 0.145 e. The first-order valence-corrected chi connectivity index (χ1v) is 11.1. The SMILES string of the molecule is CC(C)c1ccc(C2=NC3=C(c4ccccc4)NN(C)C3=CN2c2ccc(Cl)cc2)cc1. The highest BCUT2D eigenvalue weighted by Gasteiger charge is 2.31. The van der Waals surface area contributed by atoms with E-state index in [1.165, 1.54) is 5.56 Å². The van der Waals surface area contributed by atoms with Crippen molar-refractivity contribution in [3.05, 3.63) is 118 Å². The molecule has 0 spiro atoms. The van der Waals surface area contributed by atoms with E-state index in [1.54, 1.807) is 0 Å². The summed E-state index contributed by atoms with van der Waals surface area (Å²) < 4.78 is 0. The van der Waals surface area contributed by atoms with Crippen molar-refractivity contribution in [1.82, 2.24) is 10.4 Å². The summed E-state index contributed by atoms with van der Waals surface area (Å²) in [5, 5.41) is 2.73. The molecule has 4 nitrogen and oxygen atoms in total. The van der Waals surface area contributed by atoms with Gasteiger partial charge < -0.3 is 0 Å². The highest BCUT2D eigenvalue weighted by atomic mass is 35.5. The van der Waals surface area contributed by atoms with Crippen LogP contribution in [0.5, 0.6) is 0 Å². The molecule has 1 N–H and O–H groups in total. The van der Waals surface area contributed by atoms with Crippen molar-refractivity contribution in [2.24, 2.45) is 4.99 Å². The second kappa shape index (κ2) is 8.21. The number of rotatable bonds is 4. The zero-order valence-corrected chi connectivity index (χ0v) is 19.1. The molecular formula is C27H25ClN4. The summed E-state index contributed by atoms with van der Waals surface area (Å²) in [7, 11) is 2.01. The van der Waals surface area contributed by atoms with Gasteiger partial charge in [0.05, 0.1) is 5.70 Å². The van der Waals surface area contributed by atoms with Crippen LogP contribution >= 0.6 is 11.6 Å². The number of hydrazine groups is 1. The molecule has 0 amide bonds. The number of hydrogen-bond donors (Lipinski definition) is 1. The van der Waals surface area contributed by atoms with E-state index < -0.39 is 0 Å². The van der Waals surface area contributed by atoms with E-state index in [4.69, 9.17) is 16.6 Å². The van der Waals surface area contributed by atoms with Crippen LogP contribution in [0.2, 0.25) is 5.02 Å². The van der Waals surface area contributed by atoms with Gasteiger partial charge in [-0.25, -0.2) is 4.99 Å². The lowest BCUT2D eigenvalue weighted by Crippen LogP contribution is -2.33. The molecule has 0 saturated carbocycles. The summed E-state index contributed by atoms with van der Waals surface area (Å²) >= 11 is 6.16. The second-order valence-corrected chi connectivity index (χ2v) is 8.77. The predicted molar refractivity (Wildman–Crippen MR) is 133 cm³/mol. The third-order valence-corrected chi connectivity index (χ3v) is 6.07. The number of hydrogen-bond acceptors (Lipinski definition) is 4. The van der Waals surface area contributed by atoms with Crippen molar-refractivity contribution in [2.75, 3.05) is 11.9 Å². The Bertz CT molecular complexity index is 1220. The van der Waals surface area contributed by atoms with Crippen LogP contribution in [-0.2, 0) is 0 Å². The molecular weight excluding hydrogens is 416 g/mol. The average molecular weight is 441 g/mol. The molecule has 0 aliphatic carbocycles. The molecule has 0 unspecified atom stereocenters. The van der Waals surface area contributed by atoms with Gasteiger partial charge in [0, 0.05) is 35.1 Å². The Balaban J connectivity index is 1.67. The van der Waals surface area contributed by atoms with Gasteiger partial charge in [-0.1, -0.05) is 80.0 Å². The molecule has 0 bridgehead atoms. The van der Waals surface area contributed by atoms with E-state index in [0.29, 0.717) is 10.9 Å². The van der Waals surface area contributed by atoms with Gasteiger partial charge in [0.15, 0.2) is 0 Å². The van der Waals surface area contributed by atoms with Gasteiger partial charge in [-0.3, -0.25) is 15.3 Å². The second-order valence-electron chi connectivity index (χ2n) is 8.33. The lowest BCUT2D eigenvalue weighted by Gasteiger charge is -2.29. The quantitative estimate of drug-likeness (QED) is 0.509. The zero-order chi connectivity index (χ0) is 22.2. The van der Waals surface area contributed by atoms with Crippen LogP contribution in [0.1, 0.15) is 36.5 Å². The molecule has 3 aromatic carbocycles. The smallest absolute Gasteiger partial charge is 0.145 e. The number of fused-ring (bicyclic) bond motifs is 1. The van der Waals surface area contributed by atoms with Crippen LogP contribution < -0.4 is 10.3 Å². The van der Waals surface area contributed by atoms with Crippen LogP contribution in [0.4, 0.5) is 5.69 Å². The zero-order valence-electron chi connectivity index (χ0n) is 18.4. The fraction of sp³-hybridized carbons (Fsp3) is 0.148. The first kappa shape index (κ1) is 20.4. The minimum Gasteiger partial charge on any atom is -0.299 e. The van der Waals surface area contributed by atoms with E-state index in [0.717, 1.165) is 39.7 Å². The van der Waals surface area contributed by atoms with E-state index in [2.05, 4.69) is 66.8 Å². The van der Waals surface area contributed by atoms with Crippen molar-refractivity contribution in [3.8, 4) is 0 Å². The molecule has 0 atom stereocenters. The number of benzene rings is 3. The normalized spacial score (nSPS) is 15.5. The van der Waals surface area contributed by atoms with E-state index in [1.807, 2.05) is 54.5 Å². The minimum atomic E-state index is 0.483. The van der Waals surface area contributed by atoms with Crippen molar-refractivity contribution >= 4 is 28.8 Å². The van der Waals surface area contributed by atoms with Crippen LogP contribution in [0.3, 0.4) is 0 Å². The first-order chi connectivity index (χ1) is 15.5. The highest BCUT2D eigenvalue weighted by Crippen LogP contribution is 2.36. The van der Waals surface area contributed by atoms with Crippen LogP contribution in [0.25, 0.3) is 5.70 Å². The Morgan fingerprint density at radius 2 is 1.53 bits per heavy atom. The molecule has 32 heavy (non-hydrogen) atoms. The standard InChI is InChI=1S/C27H25ClN4/c1-18(2)19-9-11-21(12-10-19)27-29-26-24(17-32(27)23-15-13-22(28)14-16-23)31(3)30-25(26)20-7-5-4-6-8-20/h4-18,30H,1-3H3. The fourth-order valence-corrected chi connectivity index (χ4v) is 4.12. The van der Waals surface area contributed by atoms with Gasteiger partial charge in [-0.2, -0.15) is 0 Å². The summed E-state index contributed by atoms with van der Waals surface area (Å²) in [5.74, 6) is 1.36. The number of anilines is 1. The number of halogens is 1. The number of nitrogens with zero attached hydrogens (tertiary/aromatic N) is 3. The van der Waals surface area contributed by atoms with Crippen LogP contribution in [0, 0.1) is 0 Å². The van der Waals surface area contributed by atoms with Gasteiger partial charge in [0.2, 0.25) is 0 Å². The molecule has 0 radical (unpaired) electrons. The maximum atomic E-state index is 6.16. The molecule has 160 valence electrons. The van der Waals surface area contributed by atoms with Crippen molar-refractivity contribution < 1.29 is 0 Å². The Morgan fingerprint density at radius 1 is 0.844 bits per heavy atom. The van der Waals surface area contributed by atoms with Gasteiger partial charge in [0.1, 0.15) is 17.2 Å². The van der Waals surface area contributed by atoms with E-state index in [9.17, 15) is 0 Å². The van der Waals surface area contributed by atoms with Crippen LogP contribution in [0.15, 0.2) is 101 Å². The van der Waals surface area contributed by atoms with E-state index >= 15 is 0 Å². The summed E-state index contributed by atoms with van der Waals surface area (Å²) in [4.78, 5) is 7.32. The lowest BCUT2D eigenvalue weighted by atomic mass is 10.0. The Hall–Kier alpha value is -3.50. The first-order valence-electron chi connectivity index (χ1n) is 10.8. The largest absolute Gasteiger partial charge is 0.299 e. The van der Waals surface area contributed by atoms with Crippen molar-refractivity contribution in [2.45, 2.75) is 19.8 Å². The summed E-state index contributed by atoms with van der Waals surface area (Å²) in [6.07, 6.45) is 2.14. The van der Waals surface area contributed by atoms with Gasteiger partial charge in [-0.15, -0.1) is 0 Å². The van der Waals surface area contributed by atoms with Crippen LogP contribution in [-0.4, -0.2) is 17.9 Å². The molecule has 0 fully saturated rings. The topological polar surface area (TPSA) is 30.9 Å². The lowest BCUT2D eigenvalue weighted by molar-refractivity contribution is 0.389. The van der Waals surface area contributed by atoms with Crippen molar-refractivity contribution in [3.63, 3.8) is 0 Å². The van der Waals surface area contributed by atoms with Gasteiger partial charge >= 0.3 is 0 Å². The summed E-state index contributed by atoms with van der Waals surface area (Å²) in [6.45, 7) is 4.41. The number of aliphatic imine (C=N–C) groups is 1. The minimum absolute atomic E-state index is 0.483. The molecule has 2 heterocycles. The number of nitrogens with one attached hydrogen (secondary N) is 1. The molecule has 3 aromatic rings. The molecule has 5 rings (SSSR count). The number of amidine groups is 1. The van der Waals surface area contributed by atoms with Gasteiger partial charge in [-0.05, 0) is 35.7 Å². The monoisotopic (exact) mass is 440 g/mol. The molecule has 2 aliphatic rings. The molecule has 2 aliphatic heterocycles. The fourth-order valence-electron chi connectivity index (χ4n) is 4.00. The Kier molecular flexibility index (Phi) is 5.24. The van der Waals surface area contributed by atoms with Crippen molar-refractivity contribution in [1.29, 1.82) is 0 Å². The molecule has 5 heteroatoms. The van der Waals surface area contributed by atoms with E-state index in [-0.39, 0.29) is 0 Å². The maximum absolute atomic E-state index is 6.16. The highest BCUT2D eigenvalue weighted by molar-refractivity contribution is 6.30. The van der Waals surface area contributed by atoms with Gasteiger partial charge in [0.25, 0.3) is 0 Å². The summed E-state index contributed by atoms with van der Waals surface area (Å²) in [6, 6.07) is 26.9.